The van der Waals surface area contributed by atoms with Gasteiger partial charge in [-0.25, -0.2) is 0 Å². The molecule has 1 aliphatic carbocycles. The maximum absolute atomic E-state index is 12.3. The van der Waals surface area contributed by atoms with E-state index < -0.39 is 12.1 Å². The van der Waals surface area contributed by atoms with Crippen LogP contribution in [0.4, 0.5) is 24.5 Å². The zero-order valence-corrected chi connectivity index (χ0v) is 11.9. The lowest BCUT2D eigenvalue weighted by Crippen LogP contribution is -2.30. The second-order valence-corrected chi connectivity index (χ2v) is 5.40. The Hall–Kier alpha value is -2.05. The fraction of sp³-hybridized carbons (Fsp3) is 0.467. The Morgan fingerprint density at radius 2 is 1.59 bits per heavy atom. The van der Waals surface area contributed by atoms with Gasteiger partial charge < -0.3 is 10.6 Å². The van der Waals surface area contributed by atoms with Crippen molar-refractivity contribution in [2.24, 2.45) is 5.92 Å². The molecule has 0 unspecified atom stereocenters. The van der Waals surface area contributed by atoms with Crippen molar-refractivity contribution in [1.29, 1.82) is 0 Å². The summed E-state index contributed by atoms with van der Waals surface area (Å²) in [5.74, 6) is -1.98. The Kier molecular flexibility index (Phi) is 5.05. The molecule has 0 saturated heterocycles. The number of para-hydroxylation sites is 2. The van der Waals surface area contributed by atoms with E-state index in [4.69, 9.17) is 0 Å². The SMILES string of the molecule is O=C(CC1CCCC1)Nc1ccccc1NC(=O)C(F)(F)F. The summed E-state index contributed by atoms with van der Waals surface area (Å²) in [6.07, 6.45) is -0.408. The first kappa shape index (κ1) is 16.3. The fourth-order valence-corrected chi connectivity index (χ4v) is 2.57. The minimum Gasteiger partial charge on any atom is -0.324 e. The number of rotatable bonds is 4. The predicted octanol–water partition coefficient (Wildman–Crippen LogP) is 3.71. The van der Waals surface area contributed by atoms with Crippen LogP contribution in [0.2, 0.25) is 0 Å². The average molecular weight is 314 g/mol. The van der Waals surface area contributed by atoms with E-state index in [1.165, 1.54) is 18.2 Å². The van der Waals surface area contributed by atoms with Crippen molar-refractivity contribution in [2.45, 2.75) is 38.3 Å². The average Bonchev–Trinajstić information content (AvgIpc) is 2.92. The summed E-state index contributed by atoms with van der Waals surface area (Å²) in [6.45, 7) is 0. The zero-order chi connectivity index (χ0) is 16.2. The van der Waals surface area contributed by atoms with Crippen LogP contribution in [0.25, 0.3) is 0 Å². The van der Waals surface area contributed by atoms with Crippen LogP contribution in [0.15, 0.2) is 24.3 Å². The molecule has 0 radical (unpaired) electrons. The van der Waals surface area contributed by atoms with Gasteiger partial charge in [0.15, 0.2) is 0 Å². The third-order valence-corrected chi connectivity index (χ3v) is 3.66. The van der Waals surface area contributed by atoms with Gasteiger partial charge >= 0.3 is 12.1 Å². The molecule has 0 spiro atoms. The molecule has 1 fully saturated rings. The molecule has 2 amide bonds. The molecule has 0 aromatic heterocycles. The van der Waals surface area contributed by atoms with Crippen LogP contribution in [-0.2, 0) is 9.59 Å². The summed E-state index contributed by atoms with van der Waals surface area (Å²) in [4.78, 5) is 23.0. The Morgan fingerprint density at radius 1 is 1.05 bits per heavy atom. The Morgan fingerprint density at radius 3 is 2.14 bits per heavy atom. The van der Waals surface area contributed by atoms with Crippen LogP contribution in [0.3, 0.4) is 0 Å². The van der Waals surface area contributed by atoms with Crippen LogP contribution in [-0.4, -0.2) is 18.0 Å². The minimum atomic E-state index is -4.97. The number of hydrogen-bond donors (Lipinski definition) is 2. The maximum Gasteiger partial charge on any atom is 0.471 e. The lowest BCUT2D eigenvalue weighted by molar-refractivity contribution is -0.167. The molecule has 1 aromatic carbocycles. The Labute approximate surface area is 126 Å². The van der Waals surface area contributed by atoms with Crippen molar-refractivity contribution in [1.82, 2.24) is 0 Å². The van der Waals surface area contributed by atoms with E-state index in [-0.39, 0.29) is 17.3 Å². The van der Waals surface area contributed by atoms with Crippen LogP contribution in [0.1, 0.15) is 32.1 Å². The quantitative estimate of drug-likeness (QED) is 0.890. The lowest BCUT2D eigenvalue weighted by Gasteiger charge is -2.14. The second kappa shape index (κ2) is 6.81. The van der Waals surface area contributed by atoms with Gasteiger partial charge in [0.05, 0.1) is 11.4 Å². The molecule has 1 saturated carbocycles. The minimum absolute atomic E-state index is 0.0652. The van der Waals surface area contributed by atoms with Gasteiger partial charge in [-0.15, -0.1) is 0 Å². The Bertz CT molecular complexity index is 552. The van der Waals surface area contributed by atoms with Gasteiger partial charge in [-0.3, -0.25) is 9.59 Å². The summed E-state index contributed by atoms with van der Waals surface area (Å²) in [5.41, 5.74) is 0.104. The number of hydrogen-bond acceptors (Lipinski definition) is 2. The zero-order valence-electron chi connectivity index (χ0n) is 11.9. The maximum atomic E-state index is 12.3. The van der Waals surface area contributed by atoms with Crippen LogP contribution in [0, 0.1) is 5.92 Å². The molecule has 1 aliphatic rings. The number of alkyl halides is 3. The largest absolute Gasteiger partial charge is 0.471 e. The van der Waals surface area contributed by atoms with E-state index >= 15 is 0 Å². The number of anilines is 2. The molecule has 0 atom stereocenters. The summed E-state index contributed by atoms with van der Waals surface area (Å²) < 4.78 is 36.9. The third-order valence-electron chi connectivity index (χ3n) is 3.66. The summed E-state index contributed by atoms with van der Waals surface area (Å²) in [5, 5.41) is 4.34. The van der Waals surface area contributed by atoms with Crippen molar-refractivity contribution < 1.29 is 22.8 Å². The normalized spacial score (nSPS) is 15.6. The number of halogens is 3. The van der Waals surface area contributed by atoms with E-state index in [1.54, 1.807) is 11.4 Å². The first-order valence-electron chi connectivity index (χ1n) is 7.13. The van der Waals surface area contributed by atoms with Gasteiger partial charge in [-0.1, -0.05) is 25.0 Å². The van der Waals surface area contributed by atoms with Crippen LogP contribution in [0.5, 0.6) is 0 Å². The van der Waals surface area contributed by atoms with Gasteiger partial charge in [0.2, 0.25) is 5.91 Å². The van der Waals surface area contributed by atoms with Gasteiger partial charge in [0.25, 0.3) is 0 Å². The molecule has 4 nitrogen and oxygen atoms in total. The van der Waals surface area contributed by atoms with E-state index in [0.29, 0.717) is 12.3 Å². The van der Waals surface area contributed by atoms with Gasteiger partial charge in [0.1, 0.15) is 0 Å². The van der Waals surface area contributed by atoms with Crippen molar-refractivity contribution in [3.8, 4) is 0 Å². The van der Waals surface area contributed by atoms with E-state index in [0.717, 1.165) is 25.7 Å². The Balaban J connectivity index is 2.01. The standard InChI is InChI=1S/C15H17F3N2O2/c16-15(17,18)14(22)20-12-8-4-3-7-11(12)19-13(21)9-10-5-1-2-6-10/h3-4,7-8,10H,1-2,5-6,9H2,(H,19,21)(H,20,22). The van der Waals surface area contributed by atoms with Gasteiger partial charge in [0, 0.05) is 6.42 Å². The molecule has 0 heterocycles. The van der Waals surface area contributed by atoms with Crippen LogP contribution >= 0.6 is 0 Å². The van der Waals surface area contributed by atoms with Crippen molar-refractivity contribution in [3.63, 3.8) is 0 Å². The second-order valence-electron chi connectivity index (χ2n) is 5.40. The van der Waals surface area contributed by atoms with Crippen LogP contribution < -0.4 is 10.6 Å². The van der Waals surface area contributed by atoms with E-state index in [2.05, 4.69) is 5.32 Å². The predicted molar refractivity (Wildman–Crippen MR) is 76.3 cm³/mol. The molecular formula is C15H17F3N2O2. The number of carbonyl (C=O) groups is 2. The molecule has 120 valence electrons. The lowest BCUT2D eigenvalue weighted by atomic mass is 10.0. The van der Waals surface area contributed by atoms with Crippen molar-refractivity contribution in [2.75, 3.05) is 10.6 Å². The first-order chi connectivity index (χ1) is 10.4. The highest BCUT2D eigenvalue weighted by Gasteiger charge is 2.39. The van der Waals surface area contributed by atoms with Crippen molar-refractivity contribution in [3.05, 3.63) is 24.3 Å². The highest BCUT2D eigenvalue weighted by atomic mass is 19.4. The number of benzene rings is 1. The van der Waals surface area contributed by atoms with Gasteiger partial charge in [-0.2, -0.15) is 13.2 Å². The topological polar surface area (TPSA) is 58.2 Å². The summed E-state index contributed by atoms with van der Waals surface area (Å²) in [6, 6.07) is 5.83. The highest BCUT2D eigenvalue weighted by Crippen LogP contribution is 2.29. The molecule has 0 aliphatic heterocycles. The molecule has 0 bridgehead atoms. The van der Waals surface area contributed by atoms with E-state index in [9.17, 15) is 22.8 Å². The monoisotopic (exact) mass is 314 g/mol. The van der Waals surface area contributed by atoms with E-state index in [1.807, 2.05) is 0 Å². The molecular weight excluding hydrogens is 297 g/mol. The smallest absolute Gasteiger partial charge is 0.324 e. The molecule has 22 heavy (non-hydrogen) atoms. The number of amides is 2. The summed E-state index contributed by atoms with van der Waals surface area (Å²) in [7, 11) is 0. The number of carbonyl (C=O) groups excluding carboxylic acids is 2. The molecule has 1 aromatic rings. The highest BCUT2D eigenvalue weighted by molar-refractivity contribution is 6.01. The third kappa shape index (κ3) is 4.47. The fourth-order valence-electron chi connectivity index (χ4n) is 2.57. The van der Waals surface area contributed by atoms with Gasteiger partial charge in [-0.05, 0) is 30.9 Å². The summed E-state index contributed by atoms with van der Waals surface area (Å²) >= 11 is 0. The number of nitrogens with one attached hydrogen (secondary N) is 2. The van der Waals surface area contributed by atoms with Crippen molar-refractivity contribution >= 4 is 23.2 Å². The first-order valence-corrected chi connectivity index (χ1v) is 7.13. The molecule has 7 heteroatoms. The molecule has 2 N–H and O–H groups in total. The molecule has 2 rings (SSSR count).